The fraction of sp³-hybridized carbons (Fsp3) is 0.381. The number of amides is 1. The van der Waals surface area contributed by atoms with Gasteiger partial charge in [0.15, 0.2) is 5.58 Å². The molecule has 4 rings (SSSR count). The first-order valence-corrected chi connectivity index (χ1v) is 11.6. The van der Waals surface area contributed by atoms with Crippen LogP contribution in [0.2, 0.25) is 0 Å². The number of hydrogen-bond acceptors (Lipinski definition) is 7. The summed E-state index contributed by atoms with van der Waals surface area (Å²) in [6.07, 6.45) is 4.29. The van der Waals surface area contributed by atoms with Crippen molar-refractivity contribution in [2.75, 3.05) is 17.7 Å². The standard InChI is InChI=1S/C21H22N2O4S2/c1-2-26-20(25)18-13-7-3-6-10-16(13)29-19(18)23-17(24)11-12-28-21-22-14-8-4-5-9-15(14)27-21/h4-5,8-9H,2-3,6-7,10-12H2,1H3,(H,23,24). The maximum absolute atomic E-state index is 12.5. The summed E-state index contributed by atoms with van der Waals surface area (Å²) in [5, 5.41) is 4.11. The quantitative estimate of drug-likeness (QED) is 0.416. The largest absolute Gasteiger partial charge is 0.462 e. The molecule has 0 unspecified atom stereocenters. The fourth-order valence-electron chi connectivity index (χ4n) is 3.41. The van der Waals surface area contributed by atoms with Gasteiger partial charge < -0.3 is 14.5 Å². The average molecular weight is 431 g/mol. The number of oxazole rings is 1. The first-order chi connectivity index (χ1) is 14.2. The minimum absolute atomic E-state index is 0.127. The number of fused-ring (bicyclic) bond motifs is 2. The van der Waals surface area contributed by atoms with Gasteiger partial charge in [0.25, 0.3) is 5.22 Å². The van der Waals surface area contributed by atoms with E-state index in [0.717, 1.165) is 42.3 Å². The van der Waals surface area contributed by atoms with Gasteiger partial charge in [0.05, 0.1) is 12.2 Å². The van der Waals surface area contributed by atoms with Crippen LogP contribution in [0.3, 0.4) is 0 Å². The normalized spacial score (nSPS) is 13.3. The number of nitrogens with one attached hydrogen (secondary N) is 1. The van der Waals surface area contributed by atoms with Crippen LogP contribution in [-0.2, 0) is 22.4 Å². The van der Waals surface area contributed by atoms with Gasteiger partial charge in [0, 0.05) is 17.1 Å². The highest BCUT2D eigenvalue weighted by Crippen LogP contribution is 2.38. The van der Waals surface area contributed by atoms with Gasteiger partial charge in [-0.1, -0.05) is 23.9 Å². The molecule has 0 saturated carbocycles. The van der Waals surface area contributed by atoms with Crippen LogP contribution in [-0.4, -0.2) is 29.2 Å². The third-order valence-electron chi connectivity index (χ3n) is 4.73. The van der Waals surface area contributed by atoms with Crippen molar-refractivity contribution >= 4 is 51.1 Å². The Kier molecular flexibility index (Phi) is 6.20. The molecule has 8 heteroatoms. The molecule has 0 spiro atoms. The molecule has 0 bridgehead atoms. The van der Waals surface area contributed by atoms with Crippen LogP contribution >= 0.6 is 23.1 Å². The molecule has 2 heterocycles. The number of carbonyl (C=O) groups excluding carboxylic acids is 2. The third-order valence-corrected chi connectivity index (χ3v) is 6.77. The molecular weight excluding hydrogens is 408 g/mol. The molecule has 1 aromatic carbocycles. The Morgan fingerprint density at radius 1 is 1.28 bits per heavy atom. The molecule has 1 aliphatic carbocycles. The minimum atomic E-state index is -0.344. The highest BCUT2D eigenvalue weighted by molar-refractivity contribution is 7.99. The molecule has 152 valence electrons. The van der Waals surface area contributed by atoms with Gasteiger partial charge in [-0.2, -0.15) is 0 Å². The van der Waals surface area contributed by atoms with E-state index in [9.17, 15) is 9.59 Å². The molecular formula is C21H22N2O4S2. The Labute approximate surface area is 177 Å². The van der Waals surface area contributed by atoms with Gasteiger partial charge in [0.2, 0.25) is 5.91 Å². The van der Waals surface area contributed by atoms with Crippen molar-refractivity contribution < 1.29 is 18.7 Å². The van der Waals surface area contributed by atoms with Crippen LogP contribution in [0.25, 0.3) is 11.1 Å². The second-order valence-corrected chi connectivity index (χ2v) is 8.88. The van der Waals surface area contributed by atoms with Crippen molar-refractivity contribution in [1.82, 2.24) is 4.98 Å². The van der Waals surface area contributed by atoms with E-state index in [1.165, 1.54) is 28.0 Å². The first kappa shape index (κ1) is 20.0. The summed E-state index contributed by atoms with van der Waals surface area (Å²) in [5.41, 5.74) is 3.15. The zero-order valence-electron chi connectivity index (χ0n) is 16.2. The zero-order valence-corrected chi connectivity index (χ0v) is 17.8. The number of aromatic nitrogens is 1. The second kappa shape index (κ2) is 9.00. The Bertz CT molecular complexity index is 1010. The number of thioether (sulfide) groups is 1. The van der Waals surface area contributed by atoms with Crippen molar-refractivity contribution in [3.63, 3.8) is 0 Å². The molecule has 2 aromatic heterocycles. The van der Waals surface area contributed by atoms with Crippen LogP contribution in [0.5, 0.6) is 0 Å². The summed E-state index contributed by atoms with van der Waals surface area (Å²) < 4.78 is 10.9. The predicted octanol–water partition coefficient (Wildman–Crippen LogP) is 5.07. The minimum Gasteiger partial charge on any atom is -0.462 e. The SMILES string of the molecule is CCOC(=O)c1c(NC(=O)CCSc2nc3ccccc3o2)sc2c1CCCC2. The van der Waals surface area contributed by atoms with Gasteiger partial charge in [-0.15, -0.1) is 11.3 Å². The molecule has 0 radical (unpaired) electrons. The summed E-state index contributed by atoms with van der Waals surface area (Å²) in [4.78, 5) is 30.6. The monoisotopic (exact) mass is 430 g/mol. The number of esters is 1. The van der Waals surface area contributed by atoms with Crippen LogP contribution in [0.4, 0.5) is 5.00 Å². The molecule has 0 aliphatic heterocycles. The van der Waals surface area contributed by atoms with Gasteiger partial charge >= 0.3 is 5.97 Å². The molecule has 0 atom stereocenters. The number of benzene rings is 1. The zero-order chi connectivity index (χ0) is 20.2. The summed E-state index contributed by atoms with van der Waals surface area (Å²) in [6, 6.07) is 7.57. The van der Waals surface area contributed by atoms with Crippen molar-refractivity contribution in [3.8, 4) is 0 Å². The topological polar surface area (TPSA) is 81.4 Å². The van der Waals surface area contributed by atoms with E-state index in [0.29, 0.717) is 34.6 Å². The molecule has 0 fully saturated rings. The van der Waals surface area contributed by atoms with E-state index in [2.05, 4.69) is 10.3 Å². The van der Waals surface area contributed by atoms with Crippen molar-refractivity contribution in [2.24, 2.45) is 0 Å². The van der Waals surface area contributed by atoms with Crippen molar-refractivity contribution in [2.45, 2.75) is 44.3 Å². The van der Waals surface area contributed by atoms with Crippen LogP contribution in [0, 0.1) is 0 Å². The number of thiophene rings is 1. The molecule has 1 amide bonds. The maximum atomic E-state index is 12.5. The fourth-order valence-corrected chi connectivity index (χ4v) is 5.47. The van der Waals surface area contributed by atoms with Crippen LogP contribution in [0.1, 0.15) is 47.0 Å². The van der Waals surface area contributed by atoms with E-state index in [1.54, 1.807) is 6.92 Å². The summed E-state index contributed by atoms with van der Waals surface area (Å²) in [7, 11) is 0. The number of rotatable bonds is 7. The van der Waals surface area contributed by atoms with Crippen LogP contribution < -0.4 is 5.32 Å². The molecule has 1 aliphatic rings. The van der Waals surface area contributed by atoms with E-state index < -0.39 is 0 Å². The number of anilines is 1. The van der Waals surface area contributed by atoms with E-state index in [-0.39, 0.29) is 11.9 Å². The smallest absolute Gasteiger partial charge is 0.341 e. The third kappa shape index (κ3) is 4.48. The number of aryl methyl sites for hydroxylation is 1. The maximum Gasteiger partial charge on any atom is 0.341 e. The Morgan fingerprint density at radius 2 is 2.10 bits per heavy atom. The number of carbonyl (C=O) groups is 2. The van der Waals surface area contributed by atoms with Crippen molar-refractivity contribution in [3.05, 3.63) is 40.3 Å². The Balaban J connectivity index is 1.40. The number of hydrogen-bond donors (Lipinski definition) is 1. The molecule has 3 aromatic rings. The lowest BCUT2D eigenvalue weighted by Gasteiger charge is -2.12. The Morgan fingerprint density at radius 3 is 2.93 bits per heavy atom. The second-order valence-electron chi connectivity index (χ2n) is 6.73. The summed E-state index contributed by atoms with van der Waals surface area (Å²) >= 11 is 2.91. The van der Waals surface area contributed by atoms with Crippen molar-refractivity contribution in [1.29, 1.82) is 0 Å². The van der Waals surface area contributed by atoms with Gasteiger partial charge in [-0.05, 0) is 50.3 Å². The molecule has 29 heavy (non-hydrogen) atoms. The lowest BCUT2D eigenvalue weighted by Crippen LogP contribution is -2.16. The summed E-state index contributed by atoms with van der Waals surface area (Å²) in [5.74, 6) is 0.0687. The lowest BCUT2D eigenvalue weighted by atomic mass is 9.95. The number of ether oxygens (including phenoxy) is 1. The van der Waals surface area contributed by atoms with E-state index in [1.807, 2.05) is 24.3 Å². The van der Waals surface area contributed by atoms with Gasteiger partial charge in [0.1, 0.15) is 10.5 Å². The van der Waals surface area contributed by atoms with Gasteiger partial charge in [-0.3, -0.25) is 4.79 Å². The lowest BCUT2D eigenvalue weighted by molar-refractivity contribution is -0.115. The number of nitrogens with zero attached hydrogens (tertiary/aromatic N) is 1. The molecule has 1 N–H and O–H groups in total. The predicted molar refractivity (Wildman–Crippen MR) is 115 cm³/mol. The van der Waals surface area contributed by atoms with E-state index >= 15 is 0 Å². The van der Waals surface area contributed by atoms with E-state index in [4.69, 9.17) is 9.15 Å². The molecule has 0 saturated heterocycles. The highest BCUT2D eigenvalue weighted by atomic mass is 32.2. The van der Waals surface area contributed by atoms with Crippen LogP contribution in [0.15, 0.2) is 33.9 Å². The summed E-state index contributed by atoms with van der Waals surface area (Å²) in [6.45, 7) is 2.11. The average Bonchev–Trinajstić information content (AvgIpc) is 3.28. The number of para-hydroxylation sites is 2. The van der Waals surface area contributed by atoms with Gasteiger partial charge in [-0.25, -0.2) is 9.78 Å². The Hall–Kier alpha value is -2.32. The molecule has 6 nitrogen and oxygen atoms in total. The highest BCUT2D eigenvalue weighted by Gasteiger charge is 2.27. The first-order valence-electron chi connectivity index (χ1n) is 9.75.